The van der Waals surface area contributed by atoms with Crippen LogP contribution in [0.15, 0.2) is 30.7 Å². The fourth-order valence-corrected chi connectivity index (χ4v) is 1.65. The Morgan fingerprint density at radius 1 is 1.44 bits per heavy atom. The molecule has 0 aromatic carbocycles. The zero-order valence-electron chi connectivity index (χ0n) is 10.1. The van der Waals surface area contributed by atoms with Crippen LogP contribution in [0.1, 0.15) is 18.5 Å². The predicted octanol–water partition coefficient (Wildman–Crippen LogP) is 1.90. The summed E-state index contributed by atoms with van der Waals surface area (Å²) in [5.74, 6) is 0.270. The van der Waals surface area contributed by atoms with Crippen LogP contribution < -0.4 is 5.32 Å². The van der Waals surface area contributed by atoms with E-state index in [1.54, 1.807) is 19.4 Å². The second kappa shape index (κ2) is 4.82. The van der Waals surface area contributed by atoms with Crippen molar-refractivity contribution < 1.29 is 4.92 Å². The minimum Gasteiger partial charge on any atom is -0.356 e. The first-order valence-electron chi connectivity index (χ1n) is 5.42. The van der Waals surface area contributed by atoms with Crippen LogP contribution in [0.5, 0.6) is 0 Å². The molecule has 7 heteroatoms. The summed E-state index contributed by atoms with van der Waals surface area (Å²) in [6, 6.07) is 3.63. The van der Waals surface area contributed by atoms with E-state index in [1.807, 2.05) is 19.1 Å². The van der Waals surface area contributed by atoms with E-state index in [0.717, 1.165) is 5.56 Å². The summed E-state index contributed by atoms with van der Waals surface area (Å²) in [5, 5.41) is 17.9. The van der Waals surface area contributed by atoms with E-state index in [9.17, 15) is 10.1 Å². The number of nitrogens with zero attached hydrogens (tertiary/aromatic N) is 4. The summed E-state index contributed by atoms with van der Waals surface area (Å²) in [4.78, 5) is 14.3. The number of anilines is 1. The van der Waals surface area contributed by atoms with Gasteiger partial charge in [0, 0.05) is 19.4 Å². The molecule has 18 heavy (non-hydrogen) atoms. The number of hydrogen-bond donors (Lipinski definition) is 1. The molecule has 0 aliphatic rings. The van der Waals surface area contributed by atoms with Crippen LogP contribution in [0, 0.1) is 10.1 Å². The molecule has 94 valence electrons. The quantitative estimate of drug-likeness (QED) is 0.658. The van der Waals surface area contributed by atoms with Crippen molar-refractivity contribution in [2.24, 2.45) is 7.05 Å². The largest absolute Gasteiger partial charge is 0.356 e. The lowest BCUT2D eigenvalue weighted by Gasteiger charge is -2.12. The molecular weight excluding hydrogens is 234 g/mol. The maximum Gasteiger partial charge on any atom is 0.330 e. The van der Waals surface area contributed by atoms with Crippen molar-refractivity contribution in [2.75, 3.05) is 5.32 Å². The van der Waals surface area contributed by atoms with Gasteiger partial charge in [0.25, 0.3) is 0 Å². The van der Waals surface area contributed by atoms with E-state index in [4.69, 9.17) is 0 Å². The normalized spacial score (nSPS) is 12.1. The summed E-state index contributed by atoms with van der Waals surface area (Å²) < 4.78 is 1.42. The molecule has 7 nitrogen and oxygen atoms in total. The van der Waals surface area contributed by atoms with E-state index in [1.165, 1.54) is 10.9 Å². The maximum absolute atomic E-state index is 10.9. The van der Waals surface area contributed by atoms with Crippen molar-refractivity contribution in [3.05, 3.63) is 46.4 Å². The minimum absolute atomic E-state index is 0.0293. The van der Waals surface area contributed by atoms with Crippen molar-refractivity contribution in [1.29, 1.82) is 0 Å². The molecular formula is C11H13N5O2. The first-order valence-corrected chi connectivity index (χ1v) is 5.42. The average Bonchev–Trinajstić information content (AvgIpc) is 2.71. The van der Waals surface area contributed by atoms with E-state index in [2.05, 4.69) is 15.4 Å². The molecule has 0 aliphatic heterocycles. The van der Waals surface area contributed by atoms with Crippen molar-refractivity contribution in [3.8, 4) is 0 Å². The molecule has 0 saturated carbocycles. The summed E-state index contributed by atoms with van der Waals surface area (Å²) in [7, 11) is 1.65. The van der Waals surface area contributed by atoms with Crippen LogP contribution in [0.4, 0.5) is 11.5 Å². The monoisotopic (exact) mass is 247 g/mol. The van der Waals surface area contributed by atoms with E-state index < -0.39 is 4.92 Å². The Morgan fingerprint density at radius 3 is 2.72 bits per heavy atom. The number of rotatable bonds is 4. The molecule has 2 rings (SSSR count). The molecule has 0 spiro atoms. The summed E-state index contributed by atoms with van der Waals surface area (Å²) in [6.45, 7) is 1.91. The Balaban J connectivity index is 2.22. The highest BCUT2D eigenvalue weighted by molar-refractivity contribution is 5.55. The molecule has 0 saturated heterocycles. The summed E-state index contributed by atoms with van der Waals surface area (Å²) >= 11 is 0. The number of hydrogen-bond acceptors (Lipinski definition) is 5. The highest BCUT2D eigenvalue weighted by Gasteiger charge is 2.20. The first kappa shape index (κ1) is 12.0. The lowest BCUT2D eigenvalue weighted by Crippen LogP contribution is -2.08. The predicted molar refractivity (Wildman–Crippen MR) is 66.1 cm³/mol. The number of pyridine rings is 1. The average molecular weight is 247 g/mol. The standard InChI is InChI=1S/C11H13N5O2/c1-8(9-3-5-12-6-4-9)13-11-10(16(17)18)7-15(2)14-11/h3-8H,1-2H3,(H,13,14). The van der Waals surface area contributed by atoms with Crippen molar-refractivity contribution >= 4 is 11.5 Å². The minimum atomic E-state index is -0.450. The van der Waals surface area contributed by atoms with E-state index in [-0.39, 0.29) is 17.5 Å². The molecule has 2 heterocycles. The van der Waals surface area contributed by atoms with Gasteiger partial charge in [-0.05, 0) is 24.6 Å². The zero-order chi connectivity index (χ0) is 13.1. The van der Waals surface area contributed by atoms with E-state index in [0.29, 0.717) is 0 Å². The molecule has 1 unspecified atom stereocenters. The summed E-state index contributed by atoms with van der Waals surface area (Å²) in [5.41, 5.74) is 0.961. The fourth-order valence-electron chi connectivity index (χ4n) is 1.65. The van der Waals surface area contributed by atoms with Gasteiger partial charge in [0.05, 0.1) is 11.0 Å². The fraction of sp³-hybridized carbons (Fsp3) is 0.273. The van der Waals surface area contributed by atoms with Gasteiger partial charge in [-0.25, -0.2) is 0 Å². The Kier molecular flexibility index (Phi) is 3.22. The molecule has 0 amide bonds. The number of aryl methyl sites for hydroxylation is 1. The lowest BCUT2D eigenvalue weighted by atomic mass is 10.1. The Bertz CT molecular complexity index is 552. The molecule has 1 N–H and O–H groups in total. The molecule has 0 aliphatic carbocycles. The number of nitrogens with one attached hydrogen (secondary N) is 1. The molecule has 0 radical (unpaired) electrons. The van der Waals surface area contributed by atoms with Crippen LogP contribution in [0.2, 0.25) is 0 Å². The van der Waals surface area contributed by atoms with Crippen LogP contribution in [0.3, 0.4) is 0 Å². The van der Waals surface area contributed by atoms with Crippen LogP contribution in [0.25, 0.3) is 0 Å². The van der Waals surface area contributed by atoms with Gasteiger partial charge in [-0.15, -0.1) is 5.10 Å². The van der Waals surface area contributed by atoms with Gasteiger partial charge >= 0.3 is 5.69 Å². The van der Waals surface area contributed by atoms with Crippen LogP contribution in [-0.2, 0) is 7.05 Å². The van der Waals surface area contributed by atoms with E-state index >= 15 is 0 Å². The first-order chi connectivity index (χ1) is 8.58. The van der Waals surface area contributed by atoms with Gasteiger partial charge in [0.15, 0.2) is 0 Å². The second-order valence-corrected chi connectivity index (χ2v) is 3.94. The van der Waals surface area contributed by atoms with Crippen LogP contribution in [-0.4, -0.2) is 19.7 Å². The van der Waals surface area contributed by atoms with Crippen molar-refractivity contribution in [2.45, 2.75) is 13.0 Å². The van der Waals surface area contributed by atoms with Gasteiger partial charge < -0.3 is 5.32 Å². The zero-order valence-corrected chi connectivity index (χ0v) is 10.1. The van der Waals surface area contributed by atoms with Crippen molar-refractivity contribution in [1.82, 2.24) is 14.8 Å². The highest BCUT2D eigenvalue weighted by atomic mass is 16.6. The van der Waals surface area contributed by atoms with Gasteiger partial charge in [0.1, 0.15) is 6.20 Å². The third-order valence-electron chi connectivity index (χ3n) is 2.57. The summed E-state index contributed by atoms with van der Waals surface area (Å²) in [6.07, 6.45) is 4.74. The maximum atomic E-state index is 10.9. The Hall–Kier alpha value is -2.44. The molecule has 0 fully saturated rings. The molecule has 1 atom stereocenters. The van der Waals surface area contributed by atoms with Crippen LogP contribution >= 0.6 is 0 Å². The second-order valence-electron chi connectivity index (χ2n) is 3.94. The highest BCUT2D eigenvalue weighted by Crippen LogP contribution is 2.25. The van der Waals surface area contributed by atoms with Gasteiger partial charge in [-0.3, -0.25) is 19.8 Å². The van der Waals surface area contributed by atoms with Crippen molar-refractivity contribution in [3.63, 3.8) is 0 Å². The molecule has 2 aromatic rings. The third-order valence-corrected chi connectivity index (χ3v) is 2.57. The topological polar surface area (TPSA) is 85.9 Å². The lowest BCUT2D eigenvalue weighted by molar-refractivity contribution is -0.384. The SMILES string of the molecule is CC(Nc1nn(C)cc1[N+](=O)[O-])c1ccncc1. The molecule has 0 bridgehead atoms. The Morgan fingerprint density at radius 2 is 2.11 bits per heavy atom. The van der Waals surface area contributed by atoms with Gasteiger partial charge in [-0.1, -0.05) is 0 Å². The Labute approximate surface area is 104 Å². The number of aromatic nitrogens is 3. The van der Waals surface area contributed by atoms with Gasteiger partial charge in [0.2, 0.25) is 5.82 Å². The van der Waals surface area contributed by atoms with Gasteiger partial charge in [-0.2, -0.15) is 0 Å². The smallest absolute Gasteiger partial charge is 0.330 e. The third kappa shape index (κ3) is 2.45. The molecule has 2 aromatic heterocycles. The number of nitro groups is 1.